The van der Waals surface area contributed by atoms with Gasteiger partial charge in [-0.2, -0.15) is 5.10 Å². The summed E-state index contributed by atoms with van der Waals surface area (Å²) < 4.78 is 0. The van der Waals surface area contributed by atoms with Crippen molar-refractivity contribution in [3.05, 3.63) is 107 Å². The zero-order valence-corrected chi connectivity index (χ0v) is 16.7. The van der Waals surface area contributed by atoms with Gasteiger partial charge < -0.3 is 0 Å². The predicted molar refractivity (Wildman–Crippen MR) is 119 cm³/mol. The van der Waals surface area contributed by atoms with Crippen molar-refractivity contribution in [1.29, 1.82) is 0 Å². The summed E-state index contributed by atoms with van der Waals surface area (Å²) in [5.41, 5.74) is 5.15. The fraction of sp³-hybridized carbons (Fsp3) is 0.192. The molecule has 0 bridgehead atoms. The van der Waals surface area contributed by atoms with Crippen molar-refractivity contribution in [2.75, 3.05) is 0 Å². The van der Waals surface area contributed by atoms with E-state index < -0.39 is 0 Å². The van der Waals surface area contributed by atoms with E-state index in [0.29, 0.717) is 5.56 Å². The normalized spacial score (nSPS) is 21.9. The molecule has 148 valence electrons. The van der Waals surface area contributed by atoms with Crippen molar-refractivity contribution in [2.45, 2.75) is 25.3 Å². The van der Waals surface area contributed by atoms with E-state index in [0.717, 1.165) is 30.5 Å². The van der Waals surface area contributed by atoms with E-state index in [1.807, 2.05) is 36.4 Å². The van der Waals surface area contributed by atoms with Crippen molar-refractivity contribution in [2.24, 2.45) is 11.0 Å². The average Bonchev–Trinajstić information content (AvgIpc) is 3.21. The number of allylic oxidation sites excluding steroid dienone is 1. The number of amides is 1. The molecule has 0 unspecified atom stereocenters. The van der Waals surface area contributed by atoms with Crippen molar-refractivity contribution in [1.82, 2.24) is 9.99 Å². The second-order valence-electron chi connectivity index (χ2n) is 7.81. The maximum absolute atomic E-state index is 13.4. The number of rotatable bonds is 3. The van der Waals surface area contributed by atoms with E-state index in [9.17, 15) is 4.79 Å². The van der Waals surface area contributed by atoms with Crippen LogP contribution in [0.5, 0.6) is 0 Å². The average molecular weight is 393 g/mol. The smallest absolute Gasteiger partial charge is 0.267 e. The molecule has 0 saturated heterocycles. The molecule has 2 aromatic carbocycles. The van der Waals surface area contributed by atoms with E-state index in [1.54, 1.807) is 29.5 Å². The Bertz CT molecular complexity index is 1090. The first-order valence-corrected chi connectivity index (χ1v) is 10.4. The number of carbonyl (C=O) groups excluding carboxylic acids is 1. The third-order valence-electron chi connectivity index (χ3n) is 5.90. The summed E-state index contributed by atoms with van der Waals surface area (Å²) in [6, 6.07) is 24.1. The van der Waals surface area contributed by atoms with Gasteiger partial charge in [0.05, 0.1) is 17.3 Å². The van der Waals surface area contributed by atoms with Crippen LogP contribution in [0.1, 0.15) is 46.8 Å². The molecule has 0 N–H and O–H groups in total. The number of benzene rings is 2. The summed E-state index contributed by atoms with van der Waals surface area (Å²) in [7, 11) is 0. The monoisotopic (exact) mass is 393 g/mol. The molecule has 5 rings (SSSR count). The summed E-state index contributed by atoms with van der Waals surface area (Å²) in [6.07, 6.45) is 8.64. The number of hydrogen-bond acceptors (Lipinski definition) is 3. The van der Waals surface area contributed by atoms with Crippen molar-refractivity contribution in [3.8, 4) is 0 Å². The van der Waals surface area contributed by atoms with Gasteiger partial charge in [-0.3, -0.25) is 9.78 Å². The number of nitrogens with zero attached hydrogens (tertiary/aromatic N) is 3. The Morgan fingerprint density at radius 3 is 2.47 bits per heavy atom. The van der Waals surface area contributed by atoms with E-state index in [-0.39, 0.29) is 17.9 Å². The molecule has 4 heteroatoms. The van der Waals surface area contributed by atoms with Gasteiger partial charge in [-0.25, -0.2) is 5.01 Å². The Morgan fingerprint density at radius 2 is 1.73 bits per heavy atom. The van der Waals surface area contributed by atoms with Gasteiger partial charge in [0, 0.05) is 18.3 Å². The largest absolute Gasteiger partial charge is 0.276 e. The lowest BCUT2D eigenvalue weighted by Crippen LogP contribution is -2.31. The Labute approximate surface area is 176 Å². The SMILES string of the molecule is O=C(c1cccnc1)N1N=C2/C(=C/c3ccccc3)CCC[C@H]2[C@H]1c1ccccc1. The van der Waals surface area contributed by atoms with Crippen LogP contribution in [0.15, 0.2) is 95.9 Å². The van der Waals surface area contributed by atoms with Crippen LogP contribution in [0.4, 0.5) is 0 Å². The first-order chi connectivity index (χ1) is 14.8. The van der Waals surface area contributed by atoms with Crippen LogP contribution in [-0.2, 0) is 0 Å². The fourth-order valence-corrected chi connectivity index (χ4v) is 4.52. The maximum Gasteiger partial charge on any atom is 0.276 e. The molecule has 2 heterocycles. The summed E-state index contributed by atoms with van der Waals surface area (Å²) in [5, 5.41) is 6.62. The Balaban J connectivity index is 1.58. The van der Waals surface area contributed by atoms with Crippen LogP contribution >= 0.6 is 0 Å². The first kappa shape index (κ1) is 18.5. The van der Waals surface area contributed by atoms with Crippen LogP contribution < -0.4 is 0 Å². The van der Waals surface area contributed by atoms with E-state index in [4.69, 9.17) is 5.10 Å². The molecule has 2 atom stereocenters. The summed E-state index contributed by atoms with van der Waals surface area (Å²) >= 11 is 0. The maximum atomic E-state index is 13.4. The highest BCUT2D eigenvalue weighted by molar-refractivity contribution is 6.09. The standard InChI is InChI=1S/C26H23N3O/c30-26(22-14-8-16-27-18-22)29-25(20-11-5-2-6-12-20)23-15-7-13-21(24(23)28-29)17-19-9-3-1-4-10-19/h1-6,8-12,14,16-18,23,25H,7,13,15H2/b21-17+/t23-,25-/m1/s1. The molecule has 0 spiro atoms. The number of pyridine rings is 1. The molecule has 1 saturated carbocycles. The van der Waals surface area contributed by atoms with Gasteiger partial charge in [-0.15, -0.1) is 0 Å². The van der Waals surface area contributed by atoms with Gasteiger partial charge in [0.25, 0.3) is 5.91 Å². The van der Waals surface area contributed by atoms with Gasteiger partial charge >= 0.3 is 0 Å². The molecule has 1 aliphatic carbocycles. The lowest BCUT2D eigenvalue weighted by molar-refractivity contribution is 0.0680. The summed E-state index contributed by atoms with van der Waals surface area (Å²) in [6.45, 7) is 0. The van der Waals surface area contributed by atoms with Gasteiger partial charge in [0.15, 0.2) is 0 Å². The Hall–Kier alpha value is -3.53. The molecule has 3 aromatic rings. The molecule has 0 radical (unpaired) electrons. The molecule has 1 fully saturated rings. The number of hydrazone groups is 1. The Kier molecular flexibility index (Phi) is 4.98. The molecule has 4 nitrogen and oxygen atoms in total. The lowest BCUT2D eigenvalue weighted by Gasteiger charge is -2.29. The molecular formula is C26H23N3O. The minimum absolute atomic E-state index is 0.0895. The minimum atomic E-state index is -0.0992. The molecule has 1 aromatic heterocycles. The molecule has 1 amide bonds. The van der Waals surface area contributed by atoms with Crippen LogP contribution in [0.3, 0.4) is 0 Å². The lowest BCUT2D eigenvalue weighted by atomic mass is 9.77. The molecule has 2 aliphatic rings. The van der Waals surface area contributed by atoms with Crippen molar-refractivity contribution in [3.63, 3.8) is 0 Å². The van der Waals surface area contributed by atoms with Crippen LogP contribution in [-0.4, -0.2) is 21.6 Å². The van der Waals surface area contributed by atoms with Crippen molar-refractivity contribution >= 4 is 17.7 Å². The fourth-order valence-electron chi connectivity index (χ4n) is 4.52. The number of aromatic nitrogens is 1. The Morgan fingerprint density at radius 1 is 0.967 bits per heavy atom. The number of hydrogen-bond donors (Lipinski definition) is 0. The second-order valence-corrected chi connectivity index (χ2v) is 7.81. The highest BCUT2D eigenvalue weighted by Gasteiger charge is 2.43. The van der Waals surface area contributed by atoms with E-state index in [2.05, 4.69) is 35.3 Å². The van der Waals surface area contributed by atoms with Crippen LogP contribution in [0, 0.1) is 5.92 Å². The molecular weight excluding hydrogens is 370 g/mol. The van der Waals surface area contributed by atoms with Gasteiger partial charge in [0.2, 0.25) is 0 Å². The van der Waals surface area contributed by atoms with Gasteiger partial charge in [-0.05, 0) is 54.2 Å². The highest BCUT2D eigenvalue weighted by Crippen LogP contribution is 2.44. The minimum Gasteiger partial charge on any atom is -0.267 e. The number of fused-ring (bicyclic) bond motifs is 1. The topological polar surface area (TPSA) is 45.6 Å². The predicted octanol–water partition coefficient (Wildman–Crippen LogP) is 5.52. The van der Waals surface area contributed by atoms with Crippen molar-refractivity contribution < 1.29 is 4.79 Å². The first-order valence-electron chi connectivity index (χ1n) is 10.4. The third-order valence-corrected chi connectivity index (χ3v) is 5.90. The zero-order valence-electron chi connectivity index (χ0n) is 16.7. The van der Waals surface area contributed by atoms with Crippen LogP contribution in [0.25, 0.3) is 6.08 Å². The van der Waals surface area contributed by atoms with Crippen LogP contribution in [0.2, 0.25) is 0 Å². The van der Waals surface area contributed by atoms with E-state index >= 15 is 0 Å². The van der Waals surface area contributed by atoms with E-state index in [1.165, 1.54) is 11.1 Å². The van der Waals surface area contributed by atoms with Gasteiger partial charge in [0.1, 0.15) is 0 Å². The number of carbonyl (C=O) groups is 1. The summed E-state index contributed by atoms with van der Waals surface area (Å²) in [5.74, 6) is 0.106. The highest BCUT2D eigenvalue weighted by atomic mass is 16.2. The zero-order chi connectivity index (χ0) is 20.3. The quantitative estimate of drug-likeness (QED) is 0.588. The second kappa shape index (κ2) is 8.07. The third kappa shape index (κ3) is 3.45. The molecule has 1 aliphatic heterocycles. The summed E-state index contributed by atoms with van der Waals surface area (Å²) in [4.78, 5) is 17.5. The molecule has 30 heavy (non-hydrogen) atoms. The van der Waals surface area contributed by atoms with Gasteiger partial charge in [-0.1, -0.05) is 60.7 Å².